The van der Waals surface area contributed by atoms with Gasteiger partial charge in [-0.1, -0.05) is 6.08 Å². The summed E-state index contributed by atoms with van der Waals surface area (Å²) in [6.45, 7) is 2.69. The molecular weight excluding hydrogens is 284 g/mol. The van der Waals surface area contributed by atoms with Crippen LogP contribution in [0.1, 0.15) is 17.9 Å². The van der Waals surface area contributed by atoms with Gasteiger partial charge in [0.05, 0.1) is 18.3 Å². The number of aromatic nitrogens is 2. The maximum Gasteiger partial charge on any atom is 0.352 e. The lowest BCUT2D eigenvalue weighted by molar-refractivity contribution is -0.142. The molecule has 1 N–H and O–H groups in total. The Hall–Kier alpha value is -2.41. The predicted molar refractivity (Wildman–Crippen MR) is 77.5 cm³/mol. The molecule has 4 rings (SSSR count). The van der Waals surface area contributed by atoms with Gasteiger partial charge in [0.2, 0.25) is 0 Å². The highest BCUT2D eigenvalue weighted by Gasteiger charge is 2.48. The first-order valence-corrected chi connectivity index (χ1v) is 7.28. The molecule has 1 unspecified atom stereocenters. The minimum Gasteiger partial charge on any atom is -0.477 e. The summed E-state index contributed by atoms with van der Waals surface area (Å²) in [6, 6.07) is -0.139. The van der Waals surface area contributed by atoms with Crippen LogP contribution in [0.15, 0.2) is 23.5 Å². The van der Waals surface area contributed by atoms with Gasteiger partial charge in [-0.05, 0) is 19.5 Å². The van der Waals surface area contributed by atoms with E-state index in [2.05, 4.69) is 21.5 Å². The maximum absolute atomic E-state index is 12.2. The lowest BCUT2D eigenvalue weighted by atomic mass is 9.94. The van der Waals surface area contributed by atoms with Gasteiger partial charge in [0, 0.05) is 24.9 Å². The zero-order chi connectivity index (χ0) is 15.4. The molecule has 3 aliphatic heterocycles. The van der Waals surface area contributed by atoms with Gasteiger partial charge < -0.3 is 9.67 Å². The third-order valence-electron chi connectivity index (χ3n) is 4.46. The highest BCUT2D eigenvalue weighted by atomic mass is 16.4. The quantitative estimate of drug-likeness (QED) is 0.627. The molecule has 7 nitrogen and oxygen atoms in total. The second kappa shape index (κ2) is 4.54. The Morgan fingerprint density at radius 1 is 1.45 bits per heavy atom. The van der Waals surface area contributed by atoms with Crippen molar-refractivity contribution >= 4 is 18.0 Å². The fraction of sp³-hybridized carbons (Fsp3) is 0.400. The standard InChI is InChI=1S/C15H16N4O3/c1-17-4-5-18-7-9(16-13(18)8-17)6-10-11-2-3-12(15(21)22)19(11)14(10)20/h3,6-7,11H,2,4-5,8H2,1H3,(H,21,22)/b10-6+. The van der Waals surface area contributed by atoms with E-state index in [0.717, 1.165) is 31.2 Å². The van der Waals surface area contributed by atoms with Gasteiger partial charge in [0.1, 0.15) is 11.5 Å². The van der Waals surface area contributed by atoms with Gasteiger partial charge >= 0.3 is 5.97 Å². The van der Waals surface area contributed by atoms with Crippen molar-refractivity contribution in [2.45, 2.75) is 25.6 Å². The van der Waals surface area contributed by atoms with Gasteiger partial charge in [-0.25, -0.2) is 9.78 Å². The summed E-state index contributed by atoms with van der Waals surface area (Å²) < 4.78 is 2.11. The van der Waals surface area contributed by atoms with Crippen molar-refractivity contribution in [3.63, 3.8) is 0 Å². The number of carboxylic acids is 1. The highest BCUT2D eigenvalue weighted by Crippen LogP contribution is 2.38. The van der Waals surface area contributed by atoms with Crippen LogP contribution in [-0.2, 0) is 22.7 Å². The Labute approximate surface area is 127 Å². The first kappa shape index (κ1) is 13.3. The van der Waals surface area contributed by atoms with E-state index in [4.69, 9.17) is 5.11 Å². The fourth-order valence-electron chi connectivity index (χ4n) is 3.30. The number of hydrogen-bond donors (Lipinski definition) is 1. The summed E-state index contributed by atoms with van der Waals surface area (Å²) in [6.07, 6.45) is 5.94. The Morgan fingerprint density at radius 3 is 3.05 bits per heavy atom. The fourth-order valence-corrected chi connectivity index (χ4v) is 3.30. The Balaban J connectivity index is 1.59. The zero-order valence-electron chi connectivity index (χ0n) is 12.2. The number of carbonyl (C=O) groups excluding carboxylic acids is 1. The lowest BCUT2D eigenvalue weighted by Gasteiger charge is -2.38. The molecule has 1 aromatic rings. The number of rotatable bonds is 2. The number of nitrogens with zero attached hydrogens (tertiary/aromatic N) is 4. The molecule has 7 heteroatoms. The van der Waals surface area contributed by atoms with Crippen molar-refractivity contribution in [2.24, 2.45) is 0 Å². The van der Waals surface area contributed by atoms with Crippen molar-refractivity contribution in [1.82, 2.24) is 19.4 Å². The van der Waals surface area contributed by atoms with E-state index in [1.807, 2.05) is 6.20 Å². The van der Waals surface area contributed by atoms with Gasteiger partial charge in [-0.3, -0.25) is 14.6 Å². The van der Waals surface area contributed by atoms with Crippen LogP contribution in [-0.4, -0.2) is 56.0 Å². The first-order chi connectivity index (χ1) is 10.5. The van der Waals surface area contributed by atoms with Crippen LogP contribution in [0, 0.1) is 0 Å². The number of imidazole rings is 1. The lowest BCUT2D eigenvalue weighted by Crippen LogP contribution is -2.52. The highest BCUT2D eigenvalue weighted by molar-refractivity contribution is 6.10. The minimum absolute atomic E-state index is 0.0953. The molecule has 1 saturated heterocycles. The molecular formula is C15H16N4O3. The van der Waals surface area contributed by atoms with Crippen molar-refractivity contribution in [3.05, 3.63) is 35.1 Å². The summed E-state index contributed by atoms with van der Waals surface area (Å²) in [5.74, 6) is -0.269. The molecule has 0 spiro atoms. The summed E-state index contributed by atoms with van der Waals surface area (Å²) in [5.41, 5.74) is 1.52. The zero-order valence-corrected chi connectivity index (χ0v) is 12.2. The molecule has 0 aromatic carbocycles. The number of carbonyl (C=O) groups is 2. The van der Waals surface area contributed by atoms with Crippen molar-refractivity contribution in [1.29, 1.82) is 0 Å². The van der Waals surface area contributed by atoms with Gasteiger partial charge in [-0.15, -0.1) is 0 Å². The van der Waals surface area contributed by atoms with E-state index < -0.39 is 5.97 Å². The van der Waals surface area contributed by atoms with Gasteiger partial charge in [0.15, 0.2) is 0 Å². The van der Waals surface area contributed by atoms with E-state index in [1.165, 1.54) is 4.90 Å². The van der Waals surface area contributed by atoms with E-state index in [1.54, 1.807) is 12.2 Å². The van der Waals surface area contributed by atoms with E-state index >= 15 is 0 Å². The summed E-state index contributed by atoms with van der Waals surface area (Å²) >= 11 is 0. The van der Waals surface area contributed by atoms with Crippen LogP contribution >= 0.6 is 0 Å². The molecule has 0 aliphatic carbocycles. The molecule has 0 saturated carbocycles. The number of amides is 1. The molecule has 0 bridgehead atoms. The average molecular weight is 300 g/mol. The summed E-state index contributed by atoms with van der Waals surface area (Å²) in [7, 11) is 2.06. The molecule has 114 valence electrons. The Kier molecular flexibility index (Phi) is 2.74. The molecule has 1 atom stereocenters. The van der Waals surface area contributed by atoms with E-state index in [9.17, 15) is 9.59 Å². The normalized spacial score (nSPS) is 25.8. The Bertz CT molecular complexity index is 746. The third-order valence-corrected chi connectivity index (χ3v) is 4.46. The van der Waals surface area contributed by atoms with E-state index in [0.29, 0.717) is 12.0 Å². The SMILES string of the molecule is CN1CCn2cc(/C=C3/C(=O)N4C(C(=O)O)=CCC34)nc2C1. The second-order valence-corrected chi connectivity index (χ2v) is 5.93. The minimum atomic E-state index is -1.05. The third kappa shape index (κ3) is 1.82. The molecule has 3 aliphatic rings. The largest absolute Gasteiger partial charge is 0.477 e. The molecule has 1 fully saturated rings. The number of hydrogen-bond acceptors (Lipinski definition) is 4. The van der Waals surface area contributed by atoms with Crippen molar-refractivity contribution in [2.75, 3.05) is 13.6 Å². The number of fused-ring (bicyclic) bond motifs is 2. The summed E-state index contributed by atoms with van der Waals surface area (Å²) in [4.78, 5) is 31.4. The van der Waals surface area contributed by atoms with Crippen molar-refractivity contribution < 1.29 is 14.7 Å². The van der Waals surface area contributed by atoms with Gasteiger partial charge in [0.25, 0.3) is 5.91 Å². The Morgan fingerprint density at radius 2 is 2.27 bits per heavy atom. The first-order valence-electron chi connectivity index (χ1n) is 7.28. The number of β-lactam (4-membered cyclic amide) rings is 1. The number of aliphatic carboxylic acids is 1. The summed E-state index contributed by atoms with van der Waals surface area (Å²) in [5, 5.41) is 9.06. The van der Waals surface area contributed by atoms with Crippen LogP contribution in [0.25, 0.3) is 6.08 Å². The number of likely N-dealkylation sites (N-methyl/N-ethyl adjacent to an activating group) is 1. The molecule has 1 aromatic heterocycles. The topological polar surface area (TPSA) is 78.7 Å². The van der Waals surface area contributed by atoms with Crippen molar-refractivity contribution in [3.8, 4) is 0 Å². The number of carboxylic acid groups (broad SMARTS) is 1. The van der Waals surface area contributed by atoms with Crippen LogP contribution in [0.2, 0.25) is 0 Å². The van der Waals surface area contributed by atoms with Crippen LogP contribution in [0.5, 0.6) is 0 Å². The predicted octanol–water partition coefficient (Wildman–Crippen LogP) is 0.295. The molecule has 1 amide bonds. The molecule has 22 heavy (non-hydrogen) atoms. The van der Waals surface area contributed by atoms with Gasteiger partial charge in [-0.2, -0.15) is 0 Å². The monoisotopic (exact) mass is 300 g/mol. The second-order valence-electron chi connectivity index (χ2n) is 5.93. The molecule has 4 heterocycles. The average Bonchev–Trinajstić information content (AvgIpc) is 3.05. The smallest absolute Gasteiger partial charge is 0.352 e. The molecule has 0 radical (unpaired) electrons. The van der Waals surface area contributed by atoms with Crippen LogP contribution in [0.3, 0.4) is 0 Å². The van der Waals surface area contributed by atoms with Crippen LogP contribution in [0.4, 0.5) is 0 Å². The maximum atomic E-state index is 12.2. The van der Waals surface area contributed by atoms with E-state index in [-0.39, 0.29) is 17.6 Å². The van der Waals surface area contributed by atoms with Crippen LogP contribution < -0.4 is 0 Å².